The minimum Gasteiger partial charge on any atom is -0.493 e. The molecule has 1 atom stereocenters. The second kappa shape index (κ2) is 8.91. The quantitative estimate of drug-likeness (QED) is 0.656. The molecule has 0 bridgehead atoms. The number of fused-ring (bicyclic) bond motifs is 1. The number of aliphatic hydroxyl groups is 1. The molecule has 28 heavy (non-hydrogen) atoms. The van der Waals surface area contributed by atoms with Crippen LogP contribution < -0.4 is 15.0 Å². The number of hydrogen-bond donors (Lipinski definition) is 1. The molecule has 0 spiro atoms. The van der Waals surface area contributed by atoms with Crippen molar-refractivity contribution in [1.82, 2.24) is 9.55 Å². The fourth-order valence-electron chi connectivity index (χ4n) is 2.83. The molecule has 1 unspecified atom stereocenters. The molecule has 0 amide bonds. The number of methoxy groups -OCH3 is 1. The Morgan fingerprint density at radius 1 is 1.25 bits per heavy atom. The molecule has 0 saturated heterocycles. The summed E-state index contributed by atoms with van der Waals surface area (Å²) in [6, 6.07) is 10.4. The second-order valence-electron chi connectivity index (χ2n) is 6.24. The summed E-state index contributed by atoms with van der Waals surface area (Å²) in [5.74, 6) is 1.10. The highest BCUT2D eigenvalue weighted by Crippen LogP contribution is 2.28. The van der Waals surface area contributed by atoms with Gasteiger partial charge in [0.05, 0.1) is 30.9 Å². The van der Waals surface area contributed by atoms with Gasteiger partial charge in [-0.15, -0.1) is 0 Å². The lowest BCUT2D eigenvalue weighted by Gasteiger charge is -2.16. The molecular formula is C21H21ClN2O4. The highest BCUT2D eigenvalue weighted by atomic mass is 35.5. The van der Waals surface area contributed by atoms with E-state index in [1.807, 2.05) is 31.2 Å². The highest BCUT2D eigenvalue weighted by Gasteiger charge is 2.12. The molecule has 3 rings (SSSR count). The van der Waals surface area contributed by atoms with E-state index in [4.69, 9.17) is 21.1 Å². The fourth-order valence-corrected chi connectivity index (χ4v) is 2.99. The Labute approximate surface area is 167 Å². The molecule has 0 aliphatic carbocycles. The third-order valence-electron chi connectivity index (χ3n) is 4.17. The summed E-state index contributed by atoms with van der Waals surface area (Å²) in [5, 5.41) is 11.3. The predicted molar refractivity (Wildman–Crippen MR) is 110 cm³/mol. The van der Waals surface area contributed by atoms with Gasteiger partial charge in [-0.25, -0.2) is 4.98 Å². The van der Waals surface area contributed by atoms with Crippen LogP contribution in [0.1, 0.15) is 12.5 Å². The Bertz CT molecular complexity index is 1060. The number of allylic oxidation sites excluding steroid dienone is 1. The van der Waals surface area contributed by atoms with Crippen LogP contribution in [0.3, 0.4) is 0 Å². The number of aliphatic hydroxyl groups excluding tert-OH is 1. The van der Waals surface area contributed by atoms with Gasteiger partial charge in [0.1, 0.15) is 12.7 Å². The van der Waals surface area contributed by atoms with Crippen molar-refractivity contribution < 1.29 is 14.6 Å². The average molecular weight is 401 g/mol. The van der Waals surface area contributed by atoms with Crippen LogP contribution in [0.2, 0.25) is 5.02 Å². The minimum absolute atomic E-state index is 0.00438. The number of nitrogens with zero attached hydrogens (tertiary/aromatic N) is 2. The first-order valence-electron chi connectivity index (χ1n) is 8.78. The van der Waals surface area contributed by atoms with Crippen LogP contribution in [0.15, 0.2) is 53.6 Å². The number of hydrogen-bond acceptors (Lipinski definition) is 5. The molecule has 0 aliphatic rings. The molecule has 2 aromatic carbocycles. The van der Waals surface area contributed by atoms with Crippen molar-refractivity contribution >= 4 is 28.6 Å². The molecule has 6 nitrogen and oxygen atoms in total. The molecule has 1 N–H and O–H groups in total. The lowest BCUT2D eigenvalue weighted by Crippen LogP contribution is -2.30. The van der Waals surface area contributed by atoms with Crippen molar-refractivity contribution in [3.63, 3.8) is 0 Å². The fraction of sp³-hybridized carbons (Fsp3) is 0.238. The first-order chi connectivity index (χ1) is 13.5. The summed E-state index contributed by atoms with van der Waals surface area (Å²) < 4.78 is 12.4. The van der Waals surface area contributed by atoms with Crippen LogP contribution in [0.25, 0.3) is 17.0 Å². The van der Waals surface area contributed by atoms with Crippen molar-refractivity contribution in [3.05, 3.63) is 69.7 Å². The van der Waals surface area contributed by atoms with Crippen molar-refractivity contribution in [3.8, 4) is 11.5 Å². The Morgan fingerprint density at radius 2 is 2.07 bits per heavy atom. The summed E-state index contributed by atoms with van der Waals surface area (Å²) >= 11 is 5.93. The molecular weight excluding hydrogens is 380 g/mol. The van der Waals surface area contributed by atoms with E-state index >= 15 is 0 Å². The van der Waals surface area contributed by atoms with Crippen LogP contribution in [0.4, 0.5) is 0 Å². The maximum atomic E-state index is 12.6. The Hall–Kier alpha value is -2.83. The first-order valence-corrected chi connectivity index (χ1v) is 9.16. The predicted octanol–water partition coefficient (Wildman–Crippen LogP) is 3.53. The van der Waals surface area contributed by atoms with Crippen LogP contribution in [-0.4, -0.2) is 34.5 Å². The topological polar surface area (TPSA) is 73.6 Å². The van der Waals surface area contributed by atoms with Gasteiger partial charge in [0.2, 0.25) is 0 Å². The van der Waals surface area contributed by atoms with Crippen LogP contribution in [0.5, 0.6) is 11.5 Å². The maximum Gasteiger partial charge on any atom is 0.261 e. The van der Waals surface area contributed by atoms with Gasteiger partial charge in [-0.1, -0.05) is 29.8 Å². The van der Waals surface area contributed by atoms with Crippen LogP contribution >= 0.6 is 11.6 Å². The molecule has 146 valence electrons. The van der Waals surface area contributed by atoms with Gasteiger partial charge in [-0.3, -0.25) is 9.36 Å². The third-order valence-corrected chi connectivity index (χ3v) is 4.41. The van der Waals surface area contributed by atoms with Crippen molar-refractivity contribution in [2.45, 2.75) is 19.6 Å². The van der Waals surface area contributed by atoms with Crippen molar-refractivity contribution in [1.29, 1.82) is 0 Å². The number of rotatable bonds is 7. The molecule has 1 heterocycles. The van der Waals surface area contributed by atoms with E-state index in [0.29, 0.717) is 27.4 Å². The van der Waals surface area contributed by atoms with E-state index in [1.165, 1.54) is 10.9 Å². The number of benzene rings is 2. The standard InChI is InChI=1S/C21H21ClN2O4/c1-3-4-14-5-8-19(20(9-14)27-2)28-12-16(25)11-24-13-23-18-10-15(22)6-7-17(18)21(24)26/h3-10,13,16,25H,11-12H2,1-2H3/b4-3+. The van der Waals surface area contributed by atoms with Gasteiger partial charge in [0.25, 0.3) is 5.56 Å². The van der Waals surface area contributed by atoms with E-state index in [1.54, 1.807) is 31.4 Å². The van der Waals surface area contributed by atoms with Gasteiger partial charge >= 0.3 is 0 Å². The van der Waals surface area contributed by atoms with E-state index in [2.05, 4.69) is 4.98 Å². The van der Waals surface area contributed by atoms with Gasteiger partial charge in [-0.05, 0) is 42.8 Å². The number of halogens is 1. The summed E-state index contributed by atoms with van der Waals surface area (Å²) in [7, 11) is 1.56. The SMILES string of the molecule is C/C=C/c1ccc(OCC(O)Cn2cnc3cc(Cl)ccc3c2=O)c(OC)c1. The highest BCUT2D eigenvalue weighted by molar-refractivity contribution is 6.31. The molecule has 1 aromatic heterocycles. The average Bonchev–Trinajstić information content (AvgIpc) is 2.69. The summed E-state index contributed by atoms with van der Waals surface area (Å²) in [6.45, 7) is 2.00. The zero-order chi connectivity index (χ0) is 20.1. The van der Waals surface area contributed by atoms with Gasteiger partial charge in [-0.2, -0.15) is 0 Å². The largest absolute Gasteiger partial charge is 0.493 e. The Kier molecular flexibility index (Phi) is 6.34. The van der Waals surface area contributed by atoms with Crippen LogP contribution in [-0.2, 0) is 6.54 Å². The third kappa shape index (κ3) is 4.52. The van der Waals surface area contributed by atoms with E-state index in [0.717, 1.165) is 5.56 Å². The van der Waals surface area contributed by atoms with Crippen molar-refractivity contribution in [2.24, 2.45) is 0 Å². The molecule has 7 heteroatoms. The molecule has 0 radical (unpaired) electrons. The van der Waals surface area contributed by atoms with Crippen molar-refractivity contribution in [2.75, 3.05) is 13.7 Å². The second-order valence-corrected chi connectivity index (χ2v) is 6.68. The zero-order valence-corrected chi connectivity index (χ0v) is 16.4. The lowest BCUT2D eigenvalue weighted by molar-refractivity contribution is 0.0900. The molecule has 0 aliphatic heterocycles. The molecule has 0 saturated carbocycles. The van der Waals surface area contributed by atoms with Gasteiger partial charge in [0, 0.05) is 5.02 Å². The van der Waals surface area contributed by atoms with E-state index in [-0.39, 0.29) is 18.7 Å². The maximum absolute atomic E-state index is 12.6. The van der Waals surface area contributed by atoms with E-state index in [9.17, 15) is 9.90 Å². The summed E-state index contributed by atoms with van der Waals surface area (Å²) in [6.07, 6.45) is 4.39. The molecule has 0 fully saturated rings. The molecule has 3 aromatic rings. The van der Waals surface area contributed by atoms with E-state index < -0.39 is 6.10 Å². The first kappa shape index (κ1) is 19.9. The Morgan fingerprint density at radius 3 is 2.82 bits per heavy atom. The van der Waals surface area contributed by atoms with Gasteiger partial charge in [0.15, 0.2) is 11.5 Å². The Balaban J connectivity index is 1.70. The minimum atomic E-state index is -0.899. The lowest BCUT2D eigenvalue weighted by atomic mass is 10.2. The summed E-state index contributed by atoms with van der Waals surface area (Å²) in [4.78, 5) is 16.8. The van der Waals surface area contributed by atoms with Gasteiger partial charge < -0.3 is 14.6 Å². The number of aromatic nitrogens is 2. The normalized spacial score (nSPS) is 12.4. The van der Waals surface area contributed by atoms with Crippen LogP contribution in [0, 0.1) is 0 Å². The zero-order valence-electron chi connectivity index (χ0n) is 15.6. The smallest absolute Gasteiger partial charge is 0.261 e. The monoisotopic (exact) mass is 400 g/mol. The summed E-state index contributed by atoms with van der Waals surface area (Å²) in [5.41, 5.74) is 1.26. The number of ether oxygens (including phenoxy) is 2.